The van der Waals surface area contributed by atoms with Gasteiger partial charge in [-0.15, -0.1) is 0 Å². The third kappa shape index (κ3) is 10.6. The van der Waals surface area contributed by atoms with Crippen LogP contribution in [0.2, 0.25) is 0 Å². The van der Waals surface area contributed by atoms with Crippen molar-refractivity contribution in [3.8, 4) is 0 Å². The molecular formula is C8H15NO7. The highest BCUT2D eigenvalue weighted by atomic mass is 16.4. The minimum Gasteiger partial charge on any atom is -0.478 e. The van der Waals surface area contributed by atoms with Crippen LogP contribution in [0, 0.1) is 0 Å². The lowest BCUT2D eigenvalue weighted by Crippen LogP contribution is -2.50. The Morgan fingerprint density at radius 2 is 1.19 bits per heavy atom. The molecule has 0 saturated carbocycles. The van der Waals surface area contributed by atoms with Crippen molar-refractivity contribution in [2.75, 3.05) is 19.8 Å². The molecule has 0 aliphatic carbocycles. The molecule has 94 valence electrons. The number of rotatable bonds is 5. The summed E-state index contributed by atoms with van der Waals surface area (Å²) >= 11 is 0. The van der Waals surface area contributed by atoms with E-state index in [9.17, 15) is 9.59 Å². The summed E-state index contributed by atoms with van der Waals surface area (Å²) in [5.41, 5.74) is 3.94. The Labute approximate surface area is 91.2 Å². The van der Waals surface area contributed by atoms with E-state index >= 15 is 0 Å². The summed E-state index contributed by atoms with van der Waals surface area (Å²) in [7, 11) is 0. The summed E-state index contributed by atoms with van der Waals surface area (Å²) in [6, 6.07) is 0. The van der Waals surface area contributed by atoms with Crippen LogP contribution in [-0.4, -0.2) is 62.8 Å². The topological polar surface area (TPSA) is 161 Å². The second kappa shape index (κ2) is 8.80. The highest BCUT2D eigenvalue weighted by molar-refractivity contribution is 5.89. The molecule has 8 heteroatoms. The zero-order chi connectivity index (χ0) is 13.2. The normalized spacial score (nSPS) is 10.8. The van der Waals surface area contributed by atoms with Crippen LogP contribution in [0.25, 0.3) is 0 Å². The first kappa shape index (κ1) is 16.9. The number of hydrogen-bond acceptors (Lipinski definition) is 6. The smallest absolute Gasteiger partial charge is 0.328 e. The van der Waals surface area contributed by atoms with Crippen LogP contribution in [0.3, 0.4) is 0 Å². The van der Waals surface area contributed by atoms with Gasteiger partial charge in [0.1, 0.15) is 0 Å². The monoisotopic (exact) mass is 237 g/mol. The lowest BCUT2D eigenvalue weighted by Gasteiger charge is -2.20. The van der Waals surface area contributed by atoms with Crippen molar-refractivity contribution in [1.82, 2.24) is 0 Å². The summed E-state index contributed by atoms with van der Waals surface area (Å²) in [6.45, 7) is -1.21. The first-order valence-corrected chi connectivity index (χ1v) is 4.06. The van der Waals surface area contributed by atoms with Crippen LogP contribution in [0.1, 0.15) is 0 Å². The van der Waals surface area contributed by atoms with Gasteiger partial charge >= 0.3 is 11.9 Å². The number of hydrogen-bond donors (Lipinski definition) is 6. The van der Waals surface area contributed by atoms with Crippen molar-refractivity contribution >= 4 is 11.9 Å². The van der Waals surface area contributed by atoms with E-state index in [1.165, 1.54) is 0 Å². The summed E-state index contributed by atoms with van der Waals surface area (Å²) in [5, 5.41) is 40.6. The van der Waals surface area contributed by atoms with Crippen LogP contribution in [0.15, 0.2) is 12.2 Å². The number of carboxylic acids is 2. The molecule has 0 heterocycles. The van der Waals surface area contributed by atoms with E-state index in [2.05, 4.69) is 0 Å². The molecule has 8 nitrogen and oxygen atoms in total. The van der Waals surface area contributed by atoms with Gasteiger partial charge < -0.3 is 31.3 Å². The van der Waals surface area contributed by atoms with Gasteiger partial charge in [-0.2, -0.15) is 0 Å². The van der Waals surface area contributed by atoms with E-state index in [-0.39, 0.29) is 0 Å². The van der Waals surface area contributed by atoms with Gasteiger partial charge in [0, 0.05) is 12.2 Å². The molecule has 0 aliphatic heterocycles. The molecule has 0 saturated heterocycles. The van der Waals surface area contributed by atoms with Crippen LogP contribution in [0.4, 0.5) is 0 Å². The minimum atomic E-state index is -1.26. The summed E-state index contributed by atoms with van der Waals surface area (Å²) in [5.74, 6) is -2.51. The largest absolute Gasteiger partial charge is 0.478 e. The maximum absolute atomic E-state index is 9.55. The molecule has 0 unspecified atom stereocenters. The SMILES string of the molecule is NC(CO)(CO)CO.O=C(O)/C=C\C(=O)O. The van der Waals surface area contributed by atoms with Crippen molar-refractivity contribution in [2.24, 2.45) is 5.73 Å². The van der Waals surface area contributed by atoms with E-state index in [0.29, 0.717) is 12.2 Å². The minimum absolute atomic E-state index is 0.403. The lowest BCUT2D eigenvalue weighted by molar-refractivity contribution is -0.134. The van der Waals surface area contributed by atoms with Gasteiger partial charge in [-0.1, -0.05) is 0 Å². The first-order valence-electron chi connectivity index (χ1n) is 4.06. The molecule has 0 atom stereocenters. The molecule has 0 fully saturated rings. The van der Waals surface area contributed by atoms with E-state index < -0.39 is 37.3 Å². The van der Waals surface area contributed by atoms with E-state index in [0.717, 1.165) is 0 Å². The number of carboxylic acid groups (broad SMARTS) is 2. The number of aliphatic hydroxyl groups is 3. The van der Waals surface area contributed by atoms with Crippen molar-refractivity contribution in [2.45, 2.75) is 5.54 Å². The molecular weight excluding hydrogens is 222 g/mol. The van der Waals surface area contributed by atoms with E-state index in [1.54, 1.807) is 0 Å². The van der Waals surface area contributed by atoms with Crippen LogP contribution in [0.5, 0.6) is 0 Å². The molecule has 0 bridgehead atoms. The zero-order valence-corrected chi connectivity index (χ0v) is 8.41. The van der Waals surface area contributed by atoms with Gasteiger partial charge in [0.15, 0.2) is 0 Å². The molecule has 0 aromatic rings. The molecule has 7 N–H and O–H groups in total. The fourth-order valence-electron chi connectivity index (χ4n) is 0.293. The van der Waals surface area contributed by atoms with Gasteiger partial charge in [-0.05, 0) is 0 Å². The Bertz CT molecular complexity index is 223. The van der Waals surface area contributed by atoms with Crippen LogP contribution in [-0.2, 0) is 9.59 Å². The Hall–Kier alpha value is -1.48. The van der Waals surface area contributed by atoms with Crippen molar-refractivity contribution in [3.63, 3.8) is 0 Å². The zero-order valence-electron chi connectivity index (χ0n) is 8.41. The van der Waals surface area contributed by atoms with Gasteiger partial charge in [0.25, 0.3) is 0 Å². The average Bonchev–Trinajstić information content (AvgIpc) is 2.26. The van der Waals surface area contributed by atoms with Crippen molar-refractivity contribution < 1.29 is 35.1 Å². The maximum atomic E-state index is 9.55. The summed E-state index contributed by atoms with van der Waals surface area (Å²) in [4.78, 5) is 19.1. The standard InChI is InChI=1S/C4H11NO3.C4H4O4/c5-4(1-6,2-7)3-8;5-3(6)1-2-4(7)8/h6-8H,1-3,5H2;1-2H,(H,5,6)(H,7,8)/b;2-1-. The third-order valence-corrected chi connectivity index (χ3v) is 1.31. The molecule has 0 spiro atoms. The highest BCUT2D eigenvalue weighted by Gasteiger charge is 2.20. The number of aliphatic hydroxyl groups excluding tert-OH is 3. The molecule has 0 rings (SSSR count). The second-order valence-corrected chi connectivity index (χ2v) is 2.85. The predicted octanol–water partition coefficient (Wildman–Crippen LogP) is -2.63. The molecule has 0 radical (unpaired) electrons. The lowest BCUT2D eigenvalue weighted by atomic mass is 10.1. The van der Waals surface area contributed by atoms with Crippen molar-refractivity contribution in [1.29, 1.82) is 0 Å². The molecule has 0 amide bonds. The number of carbonyl (C=O) groups is 2. The van der Waals surface area contributed by atoms with Crippen molar-refractivity contribution in [3.05, 3.63) is 12.2 Å². The third-order valence-electron chi connectivity index (χ3n) is 1.31. The Kier molecular flexibility index (Phi) is 9.31. The molecule has 0 aromatic carbocycles. The maximum Gasteiger partial charge on any atom is 0.328 e. The summed E-state index contributed by atoms with van der Waals surface area (Å²) < 4.78 is 0. The average molecular weight is 237 g/mol. The molecule has 0 aromatic heterocycles. The van der Waals surface area contributed by atoms with Gasteiger partial charge in [-0.25, -0.2) is 9.59 Å². The number of nitrogens with two attached hydrogens (primary N) is 1. The Morgan fingerprint density at radius 3 is 1.25 bits per heavy atom. The molecule has 0 aliphatic rings. The van der Waals surface area contributed by atoms with Crippen LogP contribution >= 0.6 is 0 Å². The van der Waals surface area contributed by atoms with E-state index in [4.69, 9.17) is 31.3 Å². The predicted molar refractivity (Wildman–Crippen MR) is 52.6 cm³/mol. The first-order chi connectivity index (χ1) is 7.31. The Morgan fingerprint density at radius 1 is 0.938 bits per heavy atom. The fraction of sp³-hybridized carbons (Fsp3) is 0.500. The quantitative estimate of drug-likeness (QED) is 0.283. The second-order valence-electron chi connectivity index (χ2n) is 2.85. The van der Waals surface area contributed by atoms with E-state index in [1.807, 2.05) is 0 Å². The van der Waals surface area contributed by atoms with Gasteiger partial charge in [0.2, 0.25) is 0 Å². The van der Waals surface area contributed by atoms with Crippen LogP contribution < -0.4 is 5.73 Å². The fourth-order valence-corrected chi connectivity index (χ4v) is 0.293. The Balaban J connectivity index is 0. The number of aliphatic carboxylic acids is 2. The highest BCUT2D eigenvalue weighted by Crippen LogP contribution is 1.93. The molecule has 16 heavy (non-hydrogen) atoms. The van der Waals surface area contributed by atoms with Gasteiger partial charge in [0.05, 0.1) is 25.4 Å². The van der Waals surface area contributed by atoms with Gasteiger partial charge in [-0.3, -0.25) is 0 Å². The summed E-state index contributed by atoms with van der Waals surface area (Å²) in [6.07, 6.45) is 1.12.